The van der Waals surface area contributed by atoms with Gasteiger partial charge < -0.3 is 26.0 Å². The number of benzene rings is 2. The van der Waals surface area contributed by atoms with E-state index in [-0.39, 0.29) is 6.61 Å². The lowest BCUT2D eigenvalue weighted by molar-refractivity contribution is -0.299. The summed E-state index contributed by atoms with van der Waals surface area (Å²) in [4.78, 5) is 0. The van der Waals surface area contributed by atoms with Crippen LogP contribution in [0.4, 0.5) is 11.4 Å². The van der Waals surface area contributed by atoms with E-state index in [2.05, 4.69) is 20.2 Å². The molecule has 0 unspecified atom stereocenters. The Morgan fingerprint density at radius 1 is 0.958 bits per heavy atom. The third kappa shape index (κ3) is 3.98. The van der Waals surface area contributed by atoms with Gasteiger partial charge in [0, 0.05) is 23.8 Å². The molecule has 1 heterocycles. The molecular weight excluding hydrogens is 328 g/mol. The fraction of sp³-hybridized carbons (Fsp3) is 0.250. The molecule has 24 heavy (non-hydrogen) atoms. The zero-order chi connectivity index (χ0) is 17.7. The minimum atomic E-state index is -0.0357. The Hall–Kier alpha value is -2.26. The Morgan fingerprint density at radius 3 is 2.12 bits per heavy atom. The van der Waals surface area contributed by atoms with E-state index >= 15 is 0 Å². The molecule has 0 aliphatic carbocycles. The molecule has 8 heteroatoms. The minimum Gasteiger partial charge on any atom is -0.496 e. The molecule has 1 aromatic heterocycles. The maximum atomic E-state index is 8.94. The van der Waals surface area contributed by atoms with Crippen molar-refractivity contribution < 1.29 is 26.0 Å². The van der Waals surface area contributed by atoms with E-state index in [1.165, 1.54) is 11.7 Å². The van der Waals surface area contributed by atoms with E-state index in [9.17, 15) is 0 Å². The van der Waals surface area contributed by atoms with Gasteiger partial charge in [-0.15, -0.1) is 0 Å². The molecule has 0 atom stereocenters. The van der Waals surface area contributed by atoms with Crippen LogP contribution in [0.2, 0.25) is 0 Å². The highest BCUT2D eigenvalue weighted by Crippen LogP contribution is 2.25. The predicted molar refractivity (Wildman–Crippen MR) is 92.7 cm³/mol. The second-order valence-corrected chi connectivity index (χ2v) is 5.69. The van der Waals surface area contributed by atoms with Crippen molar-refractivity contribution in [3.05, 3.63) is 35.4 Å². The van der Waals surface area contributed by atoms with Crippen LogP contribution in [0.15, 0.2) is 24.3 Å². The van der Waals surface area contributed by atoms with Crippen LogP contribution in [0.5, 0.6) is 11.5 Å². The molecule has 0 amide bonds. The first-order valence-corrected chi connectivity index (χ1v) is 7.95. The zero-order valence-corrected chi connectivity index (χ0v) is 14.8. The van der Waals surface area contributed by atoms with E-state index < -0.39 is 0 Å². The summed E-state index contributed by atoms with van der Waals surface area (Å²) < 4.78 is 18.5. The van der Waals surface area contributed by atoms with Crippen LogP contribution in [0.25, 0.3) is 11.0 Å². The lowest BCUT2D eigenvalue weighted by Crippen LogP contribution is -2.49. The molecule has 3 rings (SSSR count). The molecule has 0 aliphatic heterocycles. The van der Waals surface area contributed by atoms with Crippen LogP contribution in [-0.2, 0) is 6.61 Å². The van der Waals surface area contributed by atoms with Gasteiger partial charge in [-0.25, -0.2) is 0 Å². The quantitative estimate of drug-likeness (QED) is 0.649. The van der Waals surface area contributed by atoms with E-state index in [4.69, 9.17) is 14.6 Å². The summed E-state index contributed by atoms with van der Waals surface area (Å²) in [6, 6.07) is 7.45. The molecule has 2 aromatic carbocycles. The summed E-state index contributed by atoms with van der Waals surface area (Å²) in [5.74, 6) is 1.53. The molecule has 0 radical (unpaired) electrons. The Labute approximate surface area is 144 Å². The average molecular weight is 350 g/mol. The van der Waals surface area contributed by atoms with Crippen LogP contribution < -0.4 is 20.9 Å². The number of aromatic nitrogens is 2. The summed E-state index contributed by atoms with van der Waals surface area (Å²) in [6.45, 7) is 1.96. The van der Waals surface area contributed by atoms with Gasteiger partial charge in [0.15, 0.2) is 11.4 Å². The topological polar surface area (TPSA) is 120 Å². The van der Waals surface area contributed by atoms with Gasteiger partial charge in [-0.3, -0.25) is 0 Å². The molecule has 7 nitrogen and oxygen atoms in total. The first kappa shape index (κ1) is 18.1. The number of hydrogen-bond donors (Lipinski definition) is 3. The van der Waals surface area contributed by atoms with Crippen molar-refractivity contribution in [3.8, 4) is 11.5 Å². The molecule has 0 spiro atoms. The molecule has 0 bridgehead atoms. The number of methoxy groups -OCH3 is 2. The molecule has 0 fully saturated rings. The van der Waals surface area contributed by atoms with Gasteiger partial charge in [0.1, 0.15) is 22.5 Å². The summed E-state index contributed by atoms with van der Waals surface area (Å²) in [5.41, 5.74) is 12.9. The smallest absolute Gasteiger partial charge is 0.192 e. The second kappa shape index (κ2) is 8.02. The summed E-state index contributed by atoms with van der Waals surface area (Å²) in [6.07, 6.45) is 0. The number of quaternary nitrogens is 2. The number of ether oxygens (including phenoxy) is 2. The SMILES string of the molecule is COc1cc([NH3+])c([NH3+])cc1CO.COc1cc2nsnc2cc1C. The van der Waals surface area contributed by atoms with Gasteiger partial charge in [0.25, 0.3) is 0 Å². The first-order valence-electron chi connectivity index (χ1n) is 7.22. The third-order valence-electron chi connectivity index (χ3n) is 3.54. The average Bonchev–Trinajstić information content (AvgIpc) is 3.03. The van der Waals surface area contributed by atoms with Crippen molar-refractivity contribution in [1.29, 1.82) is 0 Å². The highest BCUT2D eigenvalue weighted by Gasteiger charge is 2.09. The summed E-state index contributed by atoms with van der Waals surface area (Å²) in [5, 5.41) is 8.94. The second-order valence-electron chi connectivity index (χ2n) is 5.17. The summed E-state index contributed by atoms with van der Waals surface area (Å²) in [7, 11) is 3.23. The van der Waals surface area contributed by atoms with Crippen LogP contribution >= 0.6 is 11.7 Å². The molecule has 0 aliphatic rings. The third-order valence-corrected chi connectivity index (χ3v) is 4.10. The standard InChI is InChI=1S/C8H12N2O2.C8H8N2OS/c1-12-8-3-7(10)6(9)2-5(8)4-11;1-5-3-6-7(10-12-9-6)4-8(5)11-2/h2-3,11H,4,9-10H2,1H3;3-4H,1-2H3/p+2. The molecule has 0 saturated carbocycles. The van der Waals surface area contributed by atoms with Gasteiger partial charge in [-0.2, -0.15) is 8.75 Å². The van der Waals surface area contributed by atoms with Crippen LogP contribution in [-0.4, -0.2) is 28.1 Å². The monoisotopic (exact) mass is 350 g/mol. The molecule has 128 valence electrons. The van der Waals surface area contributed by atoms with Crippen molar-refractivity contribution in [3.63, 3.8) is 0 Å². The number of fused-ring (bicyclic) bond motifs is 1. The molecular formula is C16H22N4O3S+2. The number of rotatable bonds is 3. The normalized spacial score (nSPS) is 10.2. The Bertz CT molecular complexity index is 807. The van der Waals surface area contributed by atoms with Crippen LogP contribution in [0.3, 0.4) is 0 Å². The summed E-state index contributed by atoms with van der Waals surface area (Å²) >= 11 is 1.23. The van der Waals surface area contributed by atoms with E-state index in [1.54, 1.807) is 26.4 Å². The van der Waals surface area contributed by atoms with Gasteiger partial charge in [-0.1, -0.05) is 0 Å². The maximum Gasteiger partial charge on any atom is 0.192 e. The van der Waals surface area contributed by atoms with Crippen LogP contribution in [0.1, 0.15) is 11.1 Å². The van der Waals surface area contributed by atoms with Gasteiger partial charge in [0.2, 0.25) is 0 Å². The number of aryl methyl sites for hydroxylation is 1. The van der Waals surface area contributed by atoms with Gasteiger partial charge in [0.05, 0.1) is 32.6 Å². The number of aliphatic hydroxyl groups excluding tert-OH is 1. The van der Waals surface area contributed by atoms with E-state index in [1.807, 2.05) is 19.1 Å². The van der Waals surface area contributed by atoms with Crippen molar-refractivity contribution >= 4 is 34.1 Å². The minimum absolute atomic E-state index is 0.0357. The van der Waals surface area contributed by atoms with Crippen molar-refractivity contribution in [2.45, 2.75) is 13.5 Å². The Kier molecular flexibility index (Phi) is 6.04. The van der Waals surface area contributed by atoms with Gasteiger partial charge in [-0.05, 0) is 18.6 Å². The molecule has 7 N–H and O–H groups in total. The Balaban J connectivity index is 0.000000174. The number of aliphatic hydroxyl groups is 1. The highest BCUT2D eigenvalue weighted by molar-refractivity contribution is 7.00. The maximum absolute atomic E-state index is 8.94. The van der Waals surface area contributed by atoms with Crippen molar-refractivity contribution in [1.82, 2.24) is 8.75 Å². The largest absolute Gasteiger partial charge is 0.496 e. The van der Waals surface area contributed by atoms with E-state index in [0.717, 1.165) is 39.3 Å². The fourth-order valence-corrected chi connectivity index (χ4v) is 2.68. The van der Waals surface area contributed by atoms with Crippen molar-refractivity contribution in [2.24, 2.45) is 0 Å². The fourth-order valence-electron chi connectivity index (χ4n) is 2.17. The zero-order valence-electron chi connectivity index (χ0n) is 14.0. The predicted octanol–water partition coefficient (Wildman–Crippen LogP) is 0.943. The lowest BCUT2D eigenvalue weighted by Gasteiger charge is -2.05. The van der Waals surface area contributed by atoms with E-state index in [0.29, 0.717) is 5.75 Å². The highest BCUT2D eigenvalue weighted by atomic mass is 32.1. The Morgan fingerprint density at radius 2 is 1.54 bits per heavy atom. The molecule has 0 saturated heterocycles. The van der Waals surface area contributed by atoms with Crippen LogP contribution in [0, 0.1) is 6.92 Å². The van der Waals surface area contributed by atoms with Crippen molar-refractivity contribution in [2.75, 3.05) is 14.2 Å². The first-order chi connectivity index (χ1) is 11.5. The number of nitrogens with zero attached hydrogens (tertiary/aromatic N) is 2. The van der Waals surface area contributed by atoms with Gasteiger partial charge >= 0.3 is 0 Å². The number of hydrogen-bond acceptors (Lipinski definition) is 6. The lowest BCUT2D eigenvalue weighted by atomic mass is 10.1. The molecule has 3 aromatic rings.